The summed E-state index contributed by atoms with van der Waals surface area (Å²) in [5.74, 6) is 0.912. The molecule has 4 heteroatoms. The van der Waals surface area contributed by atoms with E-state index in [1.807, 2.05) is 0 Å². The summed E-state index contributed by atoms with van der Waals surface area (Å²) in [6.07, 6.45) is 6.56. The minimum atomic E-state index is 0.912. The SMILES string of the molecule is CN(CCS)CC[n+]1ccc(CCc2ccc(N(C)C)cc2)cc1. The van der Waals surface area contributed by atoms with Crippen LogP contribution in [0.5, 0.6) is 0 Å². The van der Waals surface area contributed by atoms with Gasteiger partial charge in [-0.05, 0) is 43.1 Å². The monoisotopic (exact) mass is 344 g/mol. The van der Waals surface area contributed by atoms with Crippen molar-refractivity contribution >= 4 is 18.3 Å². The average molecular weight is 345 g/mol. The lowest BCUT2D eigenvalue weighted by Crippen LogP contribution is -2.39. The number of rotatable bonds is 9. The van der Waals surface area contributed by atoms with Crippen molar-refractivity contribution in [3.05, 3.63) is 59.9 Å². The fourth-order valence-corrected chi connectivity index (χ4v) is 2.96. The third kappa shape index (κ3) is 6.17. The highest BCUT2D eigenvalue weighted by Crippen LogP contribution is 2.13. The molecule has 1 aromatic heterocycles. The first-order chi connectivity index (χ1) is 11.6. The minimum absolute atomic E-state index is 0.912. The second-order valence-electron chi connectivity index (χ2n) is 6.53. The van der Waals surface area contributed by atoms with Crippen LogP contribution in [-0.2, 0) is 19.4 Å². The predicted octanol–water partition coefficient (Wildman–Crippen LogP) is 2.69. The maximum Gasteiger partial charge on any atom is 0.169 e. The van der Waals surface area contributed by atoms with E-state index in [1.54, 1.807) is 0 Å². The summed E-state index contributed by atoms with van der Waals surface area (Å²) >= 11 is 4.27. The van der Waals surface area contributed by atoms with Crippen molar-refractivity contribution in [1.82, 2.24) is 4.90 Å². The third-order valence-corrected chi connectivity index (χ3v) is 4.54. The first-order valence-electron chi connectivity index (χ1n) is 8.62. The largest absolute Gasteiger partial charge is 0.378 e. The summed E-state index contributed by atoms with van der Waals surface area (Å²) < 4.78 is 2.25. The van der Waals surface area contributed by atoms with Gasteiger partial charge in [0.1, 0.15) is 0 Å². The van der Waals surface area contributed by atoms with Crippen LogP contribution in [-0.4, -0.2) is 44.9 Å². The van der Waals surface area contributed by atoms with Crippen molar-refractivity contribution in [2.24, 2.45) is 0 Å². The fourth-order valence-electron chi connectivity index (χ4n) is 2.62. The average Bonchev–Trinajstić information content (AvgIpc) is 2.59. The summed E-state index contributed by atoms with van der Waals surface area (Å²) in [5, 5.41) is 0. The molecular formula is C20H30N3S+. The van der Waals surface area contributed by atoms with Gasteiger partial charge >= 0.3 is 0 Å². The first kappa shape index (κ1) is 18.8. The van der Waals surface area contributed by atoms with E-state index in [-0.39, 0.29) is 0 Å². The molecule has 0 atom stereocenters. The Morgan fingerprint density at radius 3 is 1.96 bits per heavy atom. The molecule has 0 aliphatic heterocycles. The van der Waals surface area contributed by atoms with Crippen molar-refractivity contribution in [2.75, 3.05) is 44.9 Å². The zero-order valence-corrected chi connectivity index (χ0v) is 16.0. The van der Waals surface area contributed by atoms with Crippen LogP contribution in [0.2, 0.25) is 0 Å². The van der Waals surface area contributed by atoms with Crippen LogP contribution in [0.3, 0.4) is 0 Å². The zero-order valence-electron chi connectivity index (χ0n) is 15.2. The van der Waals surface area contributed by atoms with E-state index in [2.05, 4.69) is 96.9 Å². The molecule has 0 saturated heterocycles. The van der Waals surface area contributed by atoms with Crippen LogP contribution in [0.25, 0.3) is 0 Å². The molecule has 0 amide bonds. The zero-order chi connectivity index (χ0) is 17.4. The van der Waals surface area contributed by atoms with Gasteiger partial charge in [0.25, 0.3) is 0 Å². The quantitative estimate of drug-likeness (QED) is 0.554. The molecule has 0 aliphatic rings. The van der Waals surface area contributed by atoms with Crippen molar-refractivity contribution in [3.8, 4) is 0 Å². The van der Waals surface area contributed by atoms with Crippen LogP contribution in [0.1, 0.15) is 11.1 Å². The third-order valence-electron chi connectivity index (χ3n) is 4.34. The lowest BCUT2D eigenvalue weighted by molar-refractivity contribution is -0.696. The Balaban J connectivity index is 1.81. The molecule has 0 unspecified atom stereocenters. The molecule has 2 aromatic rings. The normalized spacial score (nSPS) is 11.0. The highest BCUT2D eigenvalue weighted by atomic mass is 32.1. The lowest BCUT2D eigenvalue weighted by atomic mass is 10.1. The molecule has 0 fully saturated rings. The predicted molar refractivity (Wildman–Crippen MR) is 106 cm³/mol. The van der Waals surface area contributed by atoms with Gasteiger partial charge in [-0.1, -0.05) is 12.1 Å². The molecular weight excluding hydrogens is 314 g/mol. The molecule has 0 aliphatic carbocycles. The van der Waals surface area contributed by atoms with Gasteiger partial charge in [0.05, 0.1) is 6.54 Å². The van der Waals surface area contributed by atoms with Crippen LogP contribution < -0.4 is 9.47 Å². The van der Waals surface area contributed by atoms with E-state index in [9.17, 15) is 0 Å². The number of nitrogens with zero attached hydrogens (tertiary/aromatic N) is 3. The maximum atomic E-state index is 4.27. The first-order valence-corrected chi connectivity index (χ1v) is 9.25. The van der Waals surface area contributed by atoms with Crippen molar-refractivity contribution in [1.29, 1.82) is 0 Å². The molecule has 0 bridgehead atoms. The summed E-state index contributed by atoms with van der Waals surface area (Å²) in [4.78, 5) is 4.44. The number of hydrogen-bond donors (Lipinski definition) is 1. The number of thiol groups is 1. The second kappa shape index (κ2) is 9.70. The Kier molecular flexibility index (Phi) is 7.60. The Hall–Kier alpha value is -1.52. The number of hydrogen-bond acceptors (Lipinski definition) is 3. The molecule has 2 rings (SSSR count). The molecule has 130 valence electrons. The number of likely N-dealkylation sites (N-methyl/N-ethyl adjacent to an activating group) is 1. The van der Waals surface area contributed by atoms with E-state index >= 15 is 0 Å². The van der Waals surface area contributed by atoms with Gasteiger partial charge in [-0.2, -0.15) is 12.6 Å². The minimum Gasteiger partial charge on any atom is -0.378 e. The summed E-state index contributed by atoms with van der Waals surface area (Å²) in [6, 6.07) is 13.3. The number of aryl methyl sites for hydroxylation is 2. The highest BCUT2D eigenvalue weighted by Gasteiger charge is 2.04. The Bertz CT molecular complexity index is 593. The van der Waals surface area contributed by atoms with E-state index in [0.717, 1.165) is 38.2 Å². The van der Waals surface area contributed by atoms with Crippen LogP contribution in [0, 0.1) is 0 Å². The standard InChI is InChI=1S/C20H29N3S/c1-21(2)20-8-6-18(7-9-20)4-5-19-10-12-23(13-11-19)15-14-22(3)16-17-24/h6-13H,4-5,14-17H2,1-3H3/p+1. The van der Waals surface area contributed by atoms with Gasteiger partial charge in [-0.25, -0.2) is 4.57 Å². The van der Waals surface area contributed by atoms with Gasteiger partial charge in [-0.3, -0.25) is 4.90 Å². The Morgan fingerprint density at radius 2 is 1.42 bits per heavy atom. The van der Waals surface area contributed by atoms with Gasteiger partial charge in [0.15, 0.2) is 18.9 Å². The molecule has 3 nitrogen and oxygen atoms in total. The van der Waals surface area contributed by atoms with Gasteiger partial charge in [-0.15, -0.1) is 0 Å². The Morgan fingerprint density at radius 1 is 0.833 bits per heavy atom. The van der Waals surface area contributed by atoms with Crippen molar-refractivity contribution in [3.63, 3.8) is 0 Å². The Labute approximate surface area is 152 Å². The van der Waals surface area contributed by atoms with Gasteiger partial charge in [0, 0.05) is 44.2 Å². The molecule has 1 heterocycles. The molecule has 0 radical (unpaired) electrons. The van der Waals surface area contributed by atoms with E-state index in [4.69, 9.17) is 0 Å². The van der Waals surface area contributed by atoms with Crippen LogP contribution in [0.15, 0.2) is 48.8 Å². The topological polar surface area (TPSA) is 10.4 Å². The molecule has 0 N–H and O–H groups in total. The molecule has 24 heavy (non-hydrogen) atoms. The lowest BCUT2D eigenvalue weighted by Gasteiger charge is -2.13. The van der Waals surface area contributed by atoms with Crippen LogP contribution in [0.4, 0.5) is 5.69 Å². The highest BCUT2D eigenvalue weighted by molar-refractivity contribution is 7.80. The second-order valence-corrected chi connectivity index (χ2v) is 6.98. The smallest absolute Gasteiger partial charge is 0.169 e. The number of anilines is 1. The maximum absolute atomic E-state index is 4.27. The summed E-state index contributed by atoms with van der Waals surface area (Å²) in [5.41, 5.74) is 4.04. The molecule has 0 saturated carbocycles. The number of benzene rings is 1. The molecule has 0 spiro atoms. The fraction of sp³-hybridized carbons (Fsp3) is 0.450. The summed E-state index contributed by atoms with van der Waals surface area (Å²) in [7, 11) is 6.29. The number of aromatic nitrogens is 1. The van der Waals surface area contributed by atoms with E-state index in [0.29, 0.717) is 0 Å². The van der Waals surface area contributed by atoms with Gasteiger partial charge in [0.2, 0.25) is 0 Å². The summed E-state index contributed by atoms with van der Waals surface area (Å²) in [6.45, 7) is 3.12. The van der Waals surface area contributed by atoms with Crippen molar-refractivity contribution in [2.45, 2.75) is 19.4 Å². The van der Waals surface area contributed by atoms with E-state index in [1.165, 1.54) is 16.8 Å². The molecule has 1 aromatic carbocycles. The van der Waals surface area contributed by atoms with Gasteiger partial charge < -0.3 is 4.90 Å². The van der Waals surface area contributed by atoms with Crippen LogP contribution >= 0.6 is 12.6 Å². The number of pyridine rings is 1. The van der Waals surface area contributed by atoms with E-state index < -0.39 is 0 Å². The van der Waals surface area contributed by atoms with Crippen molar-refractivity contribution < 1.29 is 4.57 Å².